The first kappa shape index (κ1) is 17.1. The van der Waals surface area contributed by atoms with Gasteiger partial charge in [0.15, 0.2) is 5.11 Å². The molecule has 116 valence electrons. The van der Waals surface area contributed by atoms with E-state index in [9.17, 15) is 4.39 Å². The van der Waals surface area contributed by atoms with Gasteiger partial charge >= 0.3 is 0 Å². The van der Waals surface area contributed by atoms with E-state index < -0.39 is 0 Å². The average Bonchev–Trinajstić information content (AvgIpc) is 2.51. The number of thiocarbonyl (C=S) groups is 1. The first-order chi connectivity index (χ1) is 10.6. The lowest BCUT2D eigenvalue weighted by Gasteiger charge is -2.10. The Bertz CT molecular complexity index is 620. The van der Waals surface area contributed by atoms with E-state index >= 15 is 0 Å². The number of thioether (sulfide) groups is 1. The summed E-state index contributed by atoms with van der Waals surface area (Å²) in [5.74, 6) is 1.35. The molecule has 0 saturated carbocycles. The van der Waals surface area contributed by atoms with Crippen molar-refractivity contribution in [2.24, 2.45) is 0 Å². The maximum Gasteiger partial charge on any atom is 0.170 e. The van der Waals surface area contributed by atoms with Gasteiger partial charge in [-0.1, -0.05) is 29.8 Å². The van der Waals surface area contributed by atoms with Gasteiger partial charge in [-0.25, -0.2) is 4.39 Å². The number of benzene rings is 2. The minimum Gasteiger partial charge on any atom is -0.362 e. The lowest BCUT2D eigenvalue weighted by Crippen LogP contribution is -2.30. The van der Waals surface area contributed by atoms with Gasteiger partial charge in [0.25, 0.3) is 0 Å². The van der Waals surface area contributed by atoms with Gasteiger partial charge in [0.1, 0.15) is 5.82 Å². The molecule has 0 heterocycles. The van der Waals surface area contributed by atoms with E-state index in [1.54, 1.807) is 30.0 Å². The van der Waals surface area contributed by atoms with E-state index in [1.165, 1.54) is 6.07 Å². The minimum absolute atomic E-state index is 0.150. The molecule has 0 bridgehead atoms. The summed E-state index contributed by atoms with van der Waals surface area (Å²) in [6.45, 7) is 0.721. The van der Waals surface area contributed by atoms with Gasteiger partial charge in [0.05, 0.1) is 0 Å². The van der Waals surface area contributed by atoms with Gasteiger partial charge in [0, 0.05) is 28.8 Å². The number of halogens is 2. The highest BCUT2D eigenvalue weighted by molar-refractivity contribution is 7.98. The van der Waals surface area contributed by atoms with Gasteiger partial charge in [-0.15, -0.1) is 0 Å². The van der Waals surface area contributed by atoms with Crippen molar-refractivity contribution in [2.75, 3.05) is 17.6 Å². The van der Waals surface area contributed by atoms with E-state index in [0.29, 0.717) is 15.9 Å². The second-order valence-corrected chi connectivity index (χ2v) is 6.48. The Hall–Kier alpha value is -1.30. The summed E-state index contributed by atoms with van der Waals surface area (Å²) in [7, 11) is 0. The van der Waals surface area contributed by atoms with E-state index in [4.69, 9.17) is 23.8 Å². The van der Waals surface area contributed by atoms with Crippen LogP contribution in [0.1, 0.15) is 5.56 Å². The highest BCUT2D eigenvalue weighted by atomic mass is 35.5. The summed E-state index contributed by atoms with van der Waals surface area (Å²) in [5.41, 5.74) is 1.62. The van der Waals surface area contributed by atoms with Crippen molar-refractivity contribution in [1.82, 2.24) is 5.32 Å². The lowest BCUT2D eigenvalue weighted by molar-refractivity contribution is 0.617. The summed E-state index contributed by atoms with van der Waals surface area (Å²) in [6.07, 6.45) is 0. The quantitative estimate of drug-likeness (QED) is 0.580. The summed E-state index contributed by atoms with van der Waals surface area (Å²) in [5, 5.41) is 7.45. The molecule has 0 aliphatic heterocycles. The van der Waals surface area contributed by atoms with Gasteiger partial charge in [-0.3, -0.25) is 0 Å². The predicted molar refractivity (Wildman–Crippen MR) is 98.2 cm³/mol. The molecule has 0 aromatic heterocycles. The summed E-state index contributed by atoms with van der Waals surface area (Å²) in [6, 6.07) is 14.2. The Kier molecular flexibility index (Phi) is 6.96. The third-order valence-corrected chi connectivity index (χ3v) is 4.36. The largest absolute Gasteiger partial charge is 0.362 e. The maximum absolute atomic E-state index is 13.4. The summed E-state index contributed by atoms with van der Waals surface area (Å²) in [4.78, 5) is 0. The van der Waals surface area contributed by atoms with Crippen molar-refractivity contribution < 1.29 is 4.39 Å². The van der Waals surface area contributed by atoms with Crippen LogP contribution in [0.3, 0.4) is 0 Å². The molecule has 0 amide bonds. The molecule has 2 aromatic carbocycles. The SMILES string of the molecule is Fc1ccccc1CSCCNC(=S)Nc1ccc(Cl)cc1. The van der Waals surface area contributed by atoms with Crippen LogP contribution in [-0.4, -0.2) is 17.4 Å². The Morgan fingerprint density at radius 1 is 1.14 bits per heavy atom. The molecular formula is C16H16ClFN2S2. The van der Waals surface area contributed by atoms with Gasteiger partial charge in [0.2, 0.25) is 0 Å². The molecule has 0 saturated heterocycles. The fraction of sp³-hybridized carbons (Fsp3) is 0.188. The number of anilines is 1. The highest BCUT2D eigenvalue weighted by Crippen LogP contribution is 2.15. The second kappa shape index (κ2) is 8.98. The van der Waals surface area contributed by atoms with Crippen molar-refractivity contribution in [3.8, 4) is 0 Å². The van der Waals surface area contributed by atoms with E-state index in [2.05, 4.69) is 10.6 Å². The molecule has 0 radical (unpaired) electrons. The molecule has 2 rings (SSSR count). The van der Waals surface area contributed by atoms with Crippen LogP contribution in [0.2, 0.25) is 5.02 Å². The molecule has 0 aliphatic rings. The molecule has 0 atom stereocenters. The number of rotatable bonds is 6. The van der Waals surface area contributed by atoms with Crippen LogP contribution in [0, 0.1) is 5.82 Å². The van der Waals surface area contributed by atoms with Crippen molar-refractivity contribution in [3.63, 3.8) is 0 Å². The minimum atomic E-state index is -0.150. The average molecular weight is 355 g/mol. The molecule has 2 aromatic rings. The molecule has 2 N–H and O–H groups in total. The first-order valence-corrected chi connectivity index (χ1v) is 8.71. The van der Waals surface area contributed by atoms with Crippen LogP contribution in [0.5, 0.6) is 0 Å². The van der Waals surface area contributed by atoms with Gasteiger partial charge in [-0.05, 0) is 48.1 Å². The Balaban J connectivity index is 1.63. The lowest BCUT2D eigenvalue weighted by atomic mass is 10.2. The first-order valence-electron chi connectivity index (χ1n) is 6.77. The zero-order valence-corrected chi connectivity index (χ0v) is 14.2. The van der Waals surface area contributed by atoms with Crippen LogP contribution in [0.4, 0.5) is 10.1 Å². The highest BCUT2D eigenvalue weighted by Gasteiger charge is 2.01. The standard InChI is InChI=1S/C16H16ClFN2S2/c17-13-5-7-14(8-6-13)20-16(21)19-9-10-22-11-12-3-1-2-4-15(12)18/h1-8H,9-11H2,(H2,19,20,21). The number of hydrogen-bond acceptors (Lipinski definition) is 2. The zero-order chi connectivity index (χ0) is 15.8. The van der Waals surface area contributed by atoms with E-state index in [1.807, 2.05) is 24.3 Å². The fourth-order valence-electron chi connectivity index (χ4n) is 1.74. The fourth-order valence-corrected chi connectivity index (χ4v) is 2.93. The molecule has 0 fully saturated rings. The molecule has 0 spiro atoms. The third kappa shape index (κ3) is 5.83. The van der Waals surface area contributed by atoms with Crippen LogP contribution in [-0.2, 0) is 5.75 Å². The smallest absolute Gasteiger partial charge is 0.170 e. The number of hydrogen-bond donors (Lipinski definition) is 2. The van der Waals surface area contributed by atoms with Crippen LogP contribution < -0.4 is 10.6 Å². The summed E-state index contributed by atoms with van der Waals surface area (Å²) >= 11 is 12.7. The van der Waals surface area contributed by atoms with E-state index in [0.717, 1.165) is 23.5 Å². The molecule has 6 heteroatoms. The molecule has 22 heavy (non-hydrogen) atoms. The third-order valence-electron chi connectivity index (χ3n) is 2.85. The number of nitrogens with one attached hydrogen (secondary N) is 2. The topological polar surface area (TPSA) is 24.1 Å². The molecule has 2 nitrogen and oxygen atoms in total. The zero-order valence-electron chi connectivity index (χ0n) is 11.8. The van der Waals surface area contributed by atoms with Crippen molar-refractivity contribution in [2.45, 2.75) is 5.75 Å². The second-order valence-electron chi connectivity index (χ2n) is 4.53. The van der Waals surface area contributed by atoms with Gasteiger partial charge < -0.3 is 10.6 Å². The van der Waals surface area contributed by atoms with Crippen molar-refractivity contribution >= 4 is 46.4 Å². The van der Waals surface area contributed by atoms with Crippen molar-refractivity contribution in [3.05, 3.63) is 64.9 Å². The maximum atomic E-state index is 13.4. The van der Waals surface area contributed by atoms with Crippen LogP contribution in [0.25, 0.3) is 0 Å². The molecule has 0 aliphatic carbocycles. The van der Waals surface area contributed by atoms with E-state index in [-0.39, 0.29) is 5.82 Å². The van der Waals surface area contributed by atoms with Crippen molar-refractivity contribution in [1.29, 1.82) is 0 Å². The van der Waals surface area contributed by atoms with Crippen LogP contribution >= 0.6 is 35.6 Å². The molecular weight excluding hydrogens is 339 g/mol. The van der Waals surface area contributed by atoms with Gasteiger partial charge in [-0.2, -0.15) is 11.8 Å². The predicted octanol–water partition coefficient (Wildman–Crippen LogP) is 4.70. The Morgan fingerprint density at radius 2 is 1.86 bits per heavy atom. The summed E-state index contributed by atoms with van der Waals surface area (Å²) < 4.78 is 13.4. The Morgan fingerprint density at radius 3 is 2.59 bits per heavy atom. The normalized spacial score (nSPS) is 10.3. The molecule has 0 unspecified atom stereocenters. The monoisotopic (exact) mass is 354 g/mol. The van der Waals surface area contributed by atoms with Crippen LogP contribution in [0.15, 0.2) is 48.5 Å². The Labute approximate surface area is 144 Å².